The minimum atomic E-state index is -0.526. The summed E-state index contributed by atoms with van der Waals surface area (Å²) < 4.78 is 20.9. The maximum Gasteiger partial charge on any atom is 0.410 e. The highest BCUT2D eigenvalue weighted by Crippen LogP contribution is 2.10. The predicted octanol–water partition coefficient (Wildman–Crippen LogP) is 1.93. The van der Waals surface area contributed by atoms with E-state index >= 15 is 0 Å². The minimum Gasteiger partial charge on any atom is -0.444 e. The zero-order chi connectivity index (χ0) is 16.8. The van der Waals surface area contributed by atoms with Crippen LogP contribution in [0.5, 0.6) is 0 Å². The Hall–Kier alpha value is -1.29. The quantitative estimate of drug-likeness (QED) is 0.431. The first-order valence-corrected chi connectivity index (χ1v) is 7.46. The van der Waals surface area contributed by atoms with Gasteiger partial charge in [0.1, 0.15) is 5.60 Å². The smallest absolute Gasteiger partial charge is 0.410 e. The third-order valence-corrected chi connectivity index (χ3v) is 2.49. The van der Waals surface area contributed by atoms with Crippen LogP contribution in [-0.2, 0) is 18.9 Å². The van der Waals surface area contributed by atoms with E-state index in [1.54, 1.807) is 12.0 Å². The van der Waals surface area contributed by atoms with E-state index in [0.717, 1.165) is 0 Å². The van der Waals surface area contributed by atoms with Gasteiger partial charge in [0.15, 0.2) is 0 Å². The van der Waals surface area contributed by atoms with Crippen molar-refractivity contribution in [2.75, 3.05) is 53.2 Å². The van der Waals surface area contributed by atoms with E-state index in [9.17, 15) is 4.79 Å². The zero-order valence-corrected chi connectivity index (χ0v) is 14.2. The number of terminal acetylenes is 1. The van der Waals surface area contributed by atoms with Crippen molar-refractivity contribution in [1.29, 1.82) is 0 Å². The molecule has 1 amide bonds. The number of hydrogen-bond acceptors (Lipinski definition) is 5. The van der Waals surface area contributed by atoms with Gasteiger partial charge in [-0.1, -0.05) is 0 Å². The summed E-state index contributed by atoms with van der Waals surface area (Å²) in [6.45, 7) is 8.89. The summed E-state index contributed by atoms with van der Waals surface area (Å²) >= 11 is 0. The molecule has 0 aliphatic rings. The van der Waals surface area contributed by atoms with Crippen LogP contribution in [0.15, 0.2) is 0 Å². The second kappa shape index (κ2) is 12.3. The van der Waals surface area contributed by atoms with Crippen LogP contribution in [0.1, 0.15) is 27.2 Å². The molecule has 6 nitrogen and oxygen atoms in total. The number of rotatable bonds is 11. The summed E-state index contributed by atoms with van der Waals surface area (Å²) in [5, 5.41) is 0. The molecule has 22 heavy (non-hydrogen) atoms. The lowest BCUT2D eigenvalue weighted by Gasteiger charge is -2.27. The van der Waals surface area contributed by atoms with Crippen LogP contribution >= 0.6 is 0 Å². The van der Waals surface area contributed by atoms with Crippen molar-refractivity contribution in [3.05, 3.63) is 0 Å². The van der Waals surface area contributed by atoms with Crippen LogP contribution in [0.25, 0.3) is 0 Å². The average molecular weight is 315 g/mol. The Balaban J connectivity index is 3.95. The molecule has 0 heterocycles. The van der Waals surface area contributed by atoms with Crippen molar-refractivity contribution in [3.8, 4) is 12.3 Å². The van der Waals surface area contributed by atoms with Gasteiger partial charge in [-0.25, -0.2) is 4.79 Å². The molecule has 6 heteroatoms. The van der Waals surface area contributed by atoms with Gasteiger partial charge in [0.05, 0.1) is 33.0 Å². The van der Waals surface area contributed by atoms with E-state index in [0.29, 0.717) is 52.5 Å². The van der Waals surface area contributed by atoms with Crippen LogP contribution in [0, 0.1) is 12.3 Å². The lowest BCUT2D eigenvalue weighted by atomic mass is 10.2. The molecule has 0 atom stereocenters. The Labute approximate surface area is 134 Å². The Morgan fingerprint density at radius 1 is 1.05 bits per heavy atom. The van der Waals surface area contributed by atoms with Gasteiger partial charge in [0.25, 0.3) is 0 Å². The highest BCUT2D eigenvalue weighted by molar-refractivity contribution is 5.68. The monoisotopic (exact) mass is 315 g/mol. The molecule has 128 valence electrons. The first-order chi connectivity index (χ1) is 10.4. The summed E-state index contributed by atoms with van der Waals surface area (Å²) in [5.41, 5.74) is -0.526. The molecule has 0 spiro atoms. The van der Waals surface area contributed by atoms with Gasteiger partial charge in [-0.3, -0.25) is 0 Å². The molecule has 0 saturated heterocycles. The number of hydrogen-bond donors (Lipinski definition) is 0. The maximum atomic E-state index is 12.0. The van der Waals surface area contributed by atoms with Gasteiger partial charge >= 0.3 is 6.09 Å². The molecule has 0 bridgehead atoms. The zero-order valence-electron chi connectivity index (χ0n) is 14.2. The summed E-state index contributed by atoms with van der Waals surface area (Å²) in [6, 6.07) is 0. The molecule has 0 aliphatic heterocycles. The highest BCUT2D eigenvalue weighted by atomic mass is 16.6. The second-order valence-corrected chi connectivity index (χ2v) is 5.64. The van der Waals surface area contributed by atoms with Crippen molar-refractivity contribution in [3.63, 3.8) is 0 Å². The summed E-state index contributed by atoms with van der Waals surface area (Å²) in [5.74, 6) is 2.52. The van der Waals surface area contributed by atoms with Crippen LogP contribution in [-0.4, -0.2) is 69.8 Å². The number of carbonyl (C=O) groups is 1. The highest BCUT2D eigenvalue weighted by Gasteiger charge is 2.21. The number of nitrogens with zero attached hydrogens (tertiary/aromatic N) is 1. The van der Waals surface area contributed by atoms with Gasteiger partial charge in [-0.15, -0.1) is 12.3 Å². The third kappa shape index (κ3) is 12.5. The normalized spacial score (nSPS) is 11.0. The van der Waals surface area contributed by atoms with Gasteiger partial charge in [0.2, 0.25) is 0 Å². The first kappa shape index (κ1) is 20.7. The molecule has 0 fully saturated rings. The molecule has 0 unspecified atom stereocenters. The Morgan fingerprint density at radius 2 is 1.64 bits per heavy atom. The SMILES string of the molecule is C#CCCN(CCOCCOCCOC)C(=O)OC(C)(C)C. The van der Waals surface area contributed by atoms with Crippen LogP contribution in [0.3, 0.4) is 0 Å². The molecule has 0 aromatic carbocycles. The summed E-state index contributed by atoms with van der Waals surface area (Å²) in [6.07, 6.45) is 5.36. The number of methoxy groups -OCH3 is 1. The van der Waals surface area contributed by atoms with Crippen LogP contribution in [0.2, 0.25) is 0 Å². The lowest BCUT2D eigenvalue weighted by molar-refractivity contribution is 0.00600. The fourth-order valence-corrected chi connectivity index (χ4v) is 1.46. The largest absolute Gasteiger partial charge is 0.444 e. The molecular weight excluding hydrogens is 286 g/mol. The molecule has 0 N–H and O–H groups in total. The standard InChI is InChI=1S/C16H29NO5/c1-6-7-8-17(15(18)22-16(2,3)4)9-10-20-13-14-21-12-11-19-5/h1H,7-14H2,2-5H3. The third-order valence-electron chi connectivity index (χ3n) is 2.49. The first-order valence-electron chi connectivity index (χ1n) is 7.46. The van der Waals surface area contributed by atoms with Crippen molar-refractivity contribution in [2.45, 2.75) is 32.8 Å². The molecule has 0 radical (unpaired) electrons. The second-order valence-electron chi connectivity index (χ2n) is 5.64. The number of amides is 1. The van der Waals surface area contributed by atoms with E-state index in [1.165, 1.54) is 0 Å². The fourth-order valence-electron chi connectivity index (χ4n) is 1.46. The van der Waals surface area contributed by atoms with E-state index in [2.05, 4.69) is 5.92 Å². The average Bonchev–Trinajstić information content (AvgIpc) is 2.43. The fraction of sp³-hybridized carbons (Fsp3) is 0.812. The Morgan fingerprint density at radius 3 is 2.18 bits per heavy atom. The summed E-state index contributed by atoms with van der Waals surface area (Å²) in [7, 11) is 1.63. The molecule has 0 rings (SSSR count). The molecule has 0 aromatic rings. The summed E-state index contributed by atoms with van der Waals surface area (Å²) in [4.78, 5) is 13.6. The van der Waals surface area contributed by atoms with Crippen molar-refractivity contribution in [1.82, 2.24) is 4.90 Å². The van der Waals surface area contributed by atoms with E-state index < -0.39 is 5.60 Å². The van der Waals surface area contributed by atoms with Gasteiger partial charge in [-0.2, -0.15) is 0 Å². The van der Waals surface area contributed by atoms with E-state index in [4.69, 9.17) is 25.4 Å². The van der Waals surface area contributed by atoms with E-state index in [1.807, 2.05) is 20.8 Å². The molecule has 0 aromatic heterocycles. The Bertz CT molecular complexity index is 332. The maximum absolute atomic E-state index is 12.0. The van der Waals surface area contributed by atoms with Crippen LogP contribution in [0.4, 0.5) is 4.79 Å². The predicted molar refractivity (Wildman–Crippen MR) is 84.8 cm³/mol. The Kier molecular flexibility index (Phi) is 11.6. The topological polar surface area (TPSA) is 57.2 Å². The minimum absolute atomic E-state index is 0.373. The lowest BCUT2D eigenvalue weighted by Crippen LogP contribution is -2.39. The number of carbonyl (C=O) groups excluding carboxylic acids is 1. The van der Waals surface area contributed by atoms with Gasteiger partial charge in [-0.05, 0) is 20.8 Å². The van der Waals surface area contributed by atoms with Crippen molar-refractivity contribution < 1.29 is 23.7 Å². The van der Waals surface area contributed by atoms with Crippen LogP contribution < -0.4 is 0 Å². The molecule has 0 aliphatic carbocycles. The number of ether oxygens (including phenoxy) is 4. The van der Waals surface area contributed by atoms with E-state index in [-0.39, 0.29) is 6.09 Å². The van der Waals surface area contributed by atoms with Gasteiger partial charge < -0.3 is 23.8 Å². The van der Waals surface area contributed by atoms with Crippen molar-refractivity contribution >= 4 is 6.09 Å². The van der Waals surface area contributed by atoms with Gasteiger partial charge in [0, 0.05) is 26.6 Å². The molecule has 0 saturated carbocycles. The van der Waals surface area contributed by atoms with Crippen molar-refractivity contribution in [2.24, 2.45) is 0 Å². The molecular formula is C16H29NO5.